The number of amides is 1. The molecule has 1 amide bonds. The van der Waals surface area contributed by atoms with Crippen molar-refractivity contribution in [1.29, 1.82) is 0 Å². The van der Waals surface area contributed by atoms with Crippen molar-refractivity contribution >= 4 is 5.91 Å². The zero-order valence-corrected chi connectivity index (χ0v) is 11.9. The second-order valence-electron chi connectivity index (χ2n) is 5.91. The lowest BCUT2D eigenvalue weighted by molar-refractivity contribution is -0.123. The number of ether oxygens (including phenoxy) is 1. The van der Waals surface area contributed by atoms with Gasteiger partial charge in [-0.15, -0.1) is 0 Å². The van der Waals surface area contributed by atoms with E-state index in [-0.39, 0.29) is 18.1 Å². The summed E-state index contributed by atoms with van der Waals surface area (Å²) in [5, 5.41) is 3.11. The molecule has 0 radical (unpaired) electrons. The number of nitrogens with two attached hydrogens (primary N) is 1. The minimum atomic E-state index is 0.144. The molecule has 1 saturated heterocycles. The van der Waals surface area contributed by atoms with E-state index >= 15 is 0 Å². The second kappa shape index (κ2) is 7.74. The Morgan fingerprint density at radius 2 is 2.22 bits per heavy atom. The molecule has 106 valence electrons. The zero-order valence-electron chi connectivity index (χ0n) is 11.9. The van der Waals surface area contributed by atoms with Gasteiger partial charge in [-0.05, 0) is 44.6 Å². The molecular formula is C14H28N2O2. The quantitative estimate of drug-likeness (QED) is 0.760. The Morgan fingerprint density at radius 3 is 2.78 bits per heavy atom. The zero-order chi connectivity index (χ0) is 13.5. The molecule has 1 aliphatic heterocycles. The summed E-state index contributed by atoms with van der Waals surface area (Å²) >= 11 is 0. The van der Waals surface area contributed by atoms with Gasteiger partial charge in [0.15, 0.2) is 0 Å². The third-order valence-electron chi connectivity index (χ3n) is 3.46. The highest BCUT2D eigenvalue weighted by atomic mass is 16.5. The number of carbonyl (C=O) groups excluding carboxylic acids is 1. The van der Waals surface area contributed by atoms with Crippen LogP contribution in [0.3, 0.4) is 0 Å². The molecule has 18 heavy (non-hydrogen) atoms. The van der Waals surface area contributed by atoms with Crippen LogP contribution < -0.4 is 11.1 Å². The molecule has 0 bridgehead atoms. The van der Waals surface area contributed by atoms with Crippen molar-refractivity contribution in [3.05, 3.63) is 0 Å². The highest BCUT2D eigenvalue weighted by molar-refractivity contribution is 5.76. The monoisotopic (exact) mass is 256 g/mol. The molecule has 0 aliphatic carbocycles. The Hall–Kier alpha value is -0.610. The Balaban J connectivity index is 2.30. The van der Waals surface area contributed by atoms with Gasteiger partial charge in [0.1, 0.15) is 0 Å². The van der Waals surface area contributed by atoms with Crippen LogP contribution in [-0.4, -0.2) is 31.2 Å². The van der Waals surface area contributed by atoms with Gasteiger partial charge in [-0.25, -0.2) is 0 Å². The third kappa shape index (κ3) is 5.83. The number of nitrogens with one attached hydrogen (secondary N) is 1. The summed E-state index contributed by atoms with van der Waals surface area (Å²) in [4.78, 5) is 12.0. The van der Waals surface area contributed by atoms with Gasteiger partial charge >= 0.3 is 0 Å². The van der Waals surface area contributed by atoms with E-state index in [1.807, 2.05) is 0 Å². The molecule has 0 saturated carbocycles. The van der Waals surface area contributed by atoms with E-state index in [0.29, 0.717) is 24.8 Å². The normalized spacial score (nSPS) is 26.1. The first-order chi connectivity index (χ1) is 8.51. The highest BCUT2D eigenvalue weighted by Crippen LogP contribution is 2.16. The van der Waals surface area contributed by atoms with Crippen LogP contribution in [0.25, 0.3) is 0 Å². The maximum Gasteiger partial charge on any atom is 0.220 e. The van der Waals surface area contributed by atoms with Gasteiger partial charge in [0, 0.05) is 19.1 Å². The van der Waals surface area contributed by atoms with Crippen molar-refractivity contribution in [3.63, 3.8) is 0 Å². The first-order valence-corrected chi connectivity index (χ1v) is 7.12. The summed E-state index contributed by atoms with van der Waals surface area (Å²) in [5.74, 6) is 1.04. The smallest absolute Gasteiger partial charge is 0.220 e. The van der Waals surface area contributed by atoms with Crippen molar-refractivity contribution < 1.29 is 9.53 Å². The molecule has 4 heteroatoms. The van der Waals surface area contributed by atoms with Gasteiger partial charge in [0.05, 0.1) is 6.10 Å². The molecule has 0 spiro atoms. The SMILES string of the molecule is CC(C)CC(CN)CC(=O)NC1CCOC(C)C1. The van der Waals surface area contributed by atoms with Crippen LogP contribution in [-0.2, 0) is 9.53 Å². The van der Waals surface area contributed by atoms with Crippen molar-refractivity contribution in [2.24, 2.45) is 17.6 Å². The van der Waals surface area contributed by atoms with Gasteiger partial charge < -0.3 is 15.8 Å². The van der Waals surface area contributed by atoms with Crippen LogP contribution in [0, 0.1) is 11.8 Å². The van der Waals surface area contributed by atoms with E-state index in [1.165, 1.54) is 0 Å². The fraction of sp³-hybridized carbons (Fsp3) is 0.929. The number of hydrogen-bond donors (Lipinski definition) is 2. The number of carbonyl (C=O) groups is 1. The molecule has 3 atom stereocenters. The Bertz CT molecular complexity index is 248. The lowest BCUT2D eigenvalue weighted by Gasteiger charge is -2.28. The minimum absolute atomic E-state index is 0.144. The molecular weight excluding hydrogens is 228 g/mol. The highest BCUT2D eigenvalue weighted by Gasteiger charge is 2.22. The van der Waals surface area contributed by atoms with Crippen LogP contribution in [0.15, 0.2) is 0 Å². The predicted molar refractivity (Wildman–Crippen MR) is 73.2 cm³/mol. The maximum atomic E-state index is 12.0. The van der Waals surface area contributed by atoms with Crippen LogP contribution in [0.5, 0.6) is 0 Å². The van der Waals surface area contributed by atoms with Crippen molar-refractivity contribution in [1.82, 2.24) is 5.32 Å². The average Bonchev–Trinajstić information content (AvgIpc) is 2.27. The average molecular weight is 256 g/mol. The largest absolute Gasteiger partial charge is 0.378 e. The topological polar surface area (TPSA) is 64.4 Å². The van der Waals surface area contributed by atoms with E-state index in [1.54, 1.807) is 0 Å². The molecule has 1 fully saturated rings. The molecule has 0 aromatic carbocycles. The van der Waals surface area contributed by atoms with E-state index in [9.17, 15) is 4.79 Å². The fourth-order valence-electron chi connectivity index (χ4n) is 2.61. The molecule has 1 heterocycles. The van der Waals surface area contributed by atoms with Crippen molar-refractivity contribution in [2.75, 3.05) is 13.2 Å². The fourth-order valence-corrected chi connectivity index (χ4v) is 2.61. The summed E-state index contributed by atoms with van der Waals surface area (Å²) in [5.41, 5.74) is 5.72. The summed E-state index contributed by atoms with van der Waals surface area (Å²) in [7, 11) is 0. The Kier molecular flexibility index (Phi) is 6.65. The van der Waals surface area contributed by atoms with Crippen LogP contribution >= 0.6 is 0 Å². The van der Waals surface area contributed by atoms with E-state index in [0.717, 1.165) is 25.9 Å². The van der Waals surface area contributed by atoms with E-state index in [2.05, 4.69) is 26.1 Å². The maximum absolute atomic E-state index is 12.0. The van der Waals surface area contributed by atoms with Gasteiger partial charge in [0.2, 0.25) is 5.91 Å². The Morgan fingerprint density at radius 1 is 1.50 bits per heavy atom. The first-order valence-electron chi connectivity index (χ1n) is 7.12. The predicted octanol–water partition coefficient (Wildman–Crippen LogP) is 1.68. The lowest BCUT2D eigenvalue weighted by atomic mass is 9.93. The first kappa shape index (κ1) is 15.4. The Labute approximate surface area is 111 Å². The van der Waals surface area contributed by atoms with Crippen LogP contribution in [0.1, 0.15) is 46.5 Å². The van der Waals surface area contributed by atoms with E-state index < -0.39 is 0 Å². The molecule has 3 unspecified atom stereocenters. The standard InChI is InChI=1S/C14H28N2O2/c1-10(2)6-12(9-15)8-14(17)16-13-4-5-18-11(3)7-13/h10-13H,4-9,15H2,1-3H3,(H,16,17). The summed E-state index contributed by atoms with van der Waals surface area (Å²) < 4.78 is 5.47. The van der Waals surface area contributed by atoms with Gasteiger partial charge in [-0.2, -0.15) is 0 Å². The van der Waals surface area contributed by atoms with Gasteiger partial charge in [-0.3, -0.25) is 4.79 Å². The van der Waals surface area contributed by atoms with Gasteiger partial charge in [-0.1, -0.05) is 13.8 Å². The number of rotatable bonds is 6. The minimum Gasteiger partial charge on any atom is -0.378 e. The summed E-state index contributed by atoms with van der Waals surface area (Å²) in [6, 6.07) is 0.277. The van der Waals surface area contributed by atoms with Crippen LogP contribution in [0.2, 0.25) is 0 Å². The van der Waals surface area contributed by atoms with Crippen molar-refractivity contribution in [3.8, 4) is 0 Å². The molecule has 4 nitrogen and oxygen atoms in total. The third-order valence-corrected chi connectivity index (χ3v) is 3.46. The van der Waals surface area contributed by atoms with Crippen LogP contribution in [0.4, 0.5) is 0 Å². The summed E-state index contributed by atoms with van der Waals surface area (Å²) in [6.07, 6.45) is 3.68. The lowest BCUT2D eigenvalue weighted by Crippen LogP contribution is -2.42. The van der Waals surface area contributed by atoms with Gasteiger partial charge in [0.25, 0.3) is 0 Å². The molecule has 0 aromatic rings. The van der Waals surface area contributed by atoms with Crippen molar-refractivity contribution in [2.45, 2.75) is 58.6 Å². The second-order valence-corrected chi connectivity index (χ2v) is 5.91. The molecule has 1 rings (SSSR count). The molecule has 1 aliphatic rings. The molecule has 0 aromatic heterocycles. The summed E-state index contributed by atoms with van der Waals surface area (Å²) in [6.45, 7) is 7.73. The molecule has 3 N–H and O–H groups in total. The van der Waals surface area contributed by atoms with E-state index in [4.69, 9.17) is 10.5 Å². The number of hydrogen-bond acceptors (Lipinski definition) is 3.